The van der Waals surface area contributed by atoms with Crippen molar-refractivity contribution in [3.05, 3.63) is 22.2 Å². The Morgan fingerprint density at radius 2 is 2.08 bits per heavy atom. The lowest BCUT2D eigenvalue weighted by Crippen LogP contribution is -1.86. The van der Waals surface area contributed by atoms with Crippen molar-refractivity contribution in [2.24, 2.45) is 10.9 Å². The molecule has 5 heteroatoms. The number of benzene rings is 1. The summed E-state index contributed by atoms with van der Waals surface area (Å²) in [5, 5.41) is 21.5. The molecule has 0 aromatic heterocycles. The maximum atomic E-state index is 9.13. The van der Waals surface area contributed by atoms with Gasteiger partial charge < -0.3 is 16.1 Å². The molecule has 0 amide bonds. The molecule has 0 heterocycles. The number of phenolic OH excluding ortho intramolecular Hbond substituents is 2. The highest BCUT2D eigenvalue weighted by Crippen LogP contribution is 2.33. The molecular formula is C7H7BrN2O2. The minimum atomic E-state index is -0.209. The number of hydrogen-bond donors (Lipinski definition) is 3. The topological polar surface area (TPSA) is 78.8 Å². The first-order valence-electron chi connectivity index (χ1n) is 3.10. The third kappa shape index (κ3) is 1.68. The fourth-order valence-corrected chi connectivity index (χ4v) is 1.23. The lowest BCUT2D eigenvalue weighted by molar-refractivity contribution is 0.401. The molecule has 0 bridgehead atoms. The van der Waals surface area contributed by atoms with Crippen LogP contribution in [-0.2, 0) is 0 Å². The van der Waals surface area contributed by atoms with Gasteiger partial charge in [0.05, 0.1) is 10.7 Å². The standard InChI is InChI=1S/C7H7BrN2O2/c8-5-1-4(3-10-9)2-6(11)7(5)12/h1-3,11-12H,9H2/b10-3+. The predicted octanol–water partition coefficient (Wildman–Crippen LogP) is 1.15. The molecule has 0 fully saturated rings. The Morgan fingerprint density at radius 1 is 1.42 bits per heavy atom. The predicted molar refractivity (Wildman–Crippen MR) is 49.3 cm³/mol. The fraction of sp³-hybridized carbons (Fsp3) is 0. The highest BCUT2D eigenvalue weighted by atomic mass is 79.9. The molecule has 1 aromatic rings. The molecule has 1 rings (SSSR count). The van der Waals surface area contributed by atoms with Crippen molar-refractivity contribution < 1.29 is 10.2 Å². The lowest BCUT2D eigenvalue weighted by atomic mass is 10.2. The molecule has 0 aliphatic heterocycles. The molecule has 1 aromatic carbocycles. The molecule has 0 spiro atoms. The number of nitrogens with zero attached hydrogens (tertiary/aromatic N) is 1. The van der Waals surface area contributed by atoms with Crippen LogP contribution in [-0.4, -0.2) is 16.4 Å². The van der Waals surface area contributed by atoms with E-state index in [2.05, 4.69) is 21.0 Å². The summed E-state index contributed by atoms with van der Waals surface area (Å²) in [7, 11) is 0. The molecule has 0 saturated carbocycles. The summed E-state index contributed by atoms with van der Waals surface area (Å²) in [5.41, 5.74) is 0.611. The van der Waals surface area contributed by atoms with Crippen molar-refractivity contribution in [1.29, 1.82) is 0 Å². The van der Waals surface area contributed by atoms with Crippen LogP contribution in [0.2, 0.25) is 0 Å². The Kier molecular flexibility index (Phi) is 2.54. The number of nitrogens with two attached hydrogens (primary N) is 1. The summed E-state index contributed by atoms with van der Waals surface area (Å²) < 4.78 is 0.400. The van der Waals surface area contributed by atoms with Crippen LogP contribution in [0.15, 0.2) is 21.7 Å². The van der Waals surface area contributed by atoms with Gasteiger partial charge in [0.1, 0.15) is 0 Å². The minimum Gasteiger partial charge on any atom is -0.504 e. The van der Waals surface area contributed by atoms with Gasteiger partial charge in [-0.1, -0.05) is 0 Å². The third-order valence-electron chi connectivity index (χ3n) is 1.29. The Balaban J connectivity index is 3.21. The quantitative estimate of drug-likeness (QED) is 0.293. The van der Waals surface area contributed by atoms with Gasteiger partial charge in [0, 0.05) is 0 Å². The van der Waals surface area contributed by atoms with Crippen LogP contribution in [0.3, 0.4) is 0 Å². The van der Waals surface area contributed by atoms with E-state index in [4.69, 9.17) is 16.1 Å². The van der Waals surface area contributed by atoms with Gasteiger partial charge in [-0.05, 0) is 33.6 Å². The normalized spacial score (nSPS) is 10.8. The summed E-state index contributed by atoms with van der Waals surface area (Å²) in [6, 6.07) is 2.95. The van der Waals surface area contributed by atoms with Crippen molar-refractivity contribution in [3.63, 3.8) is 0 Å². The highest BCUT2D eigenvalue weighted by molar-refractivity contribution is 9.10. The van der Waals surface area contributed by atoms with Crippen LogP contribution in [0.25, 0.3) is 0 Å². The van der Waals surface area contributed by atoms with Gasteiger partial charge >= 0.3 is 0 Å². The van der Waals surface area contributed by atoms with Crippen LogP contribution in [0.5, 0.6) is 11.5 Å². The molecular weight excluding hydrogens is 224 g/mol. The highest BCUT2D eigenvalue weighted by Gasteiger charge is 2.04. The summed E-state index contributed by atoms with van der Waals surface area (Å²) in [5.74, 6) is 4.51. The molecule has 0 atom stereocenters. The summed E-state index contributed by atoms with van der Waals surface area (Å²) in [6.45, 7) is 0. The monoisotopic (exact) mass is 230 g/mol. The molecule has 4 nitrogen and oxygen atoms in total. The SMILES string of the molecule is N/N=C/c1cc(O)c(O)c(Br)c1. The second kappa shape index (κ2) is 3.44. The van der Waals surface area contributed by atoms with Crippen molar-refractivity contribution in [2.75, 3.05) is 0 Å². The number of hydrazone groups is 1. The molecule has 64 valence electrons. The summed E-state index contributed by atoms with van der Waals surface area (Å²) in [6.07, 6.45) is 1.36. The molecule has 12 heavy (non-hydrogen) atoms. The van der Waals surface area contributed by atoms with E-state index in [-0.39, 0.29) is 11.5 Å². The van der Waals surface area contributed by atoms with Crippen molar-refractivity contribution in [3.8, 4) is 11.5 Å². The Bertz CT molecular complexity index is 302. The van der Waals surface area contributed by atoms with Crippen LogP contribution in [0, 0.1) is 0 Å². The van der Waals surface area contributed by atoms with E-state index in [0.29, 0.717) is 10.0 Å². The first-order chi connectivity index (χ1) is 5.65. The van der Waals surface area contributed by atoms with Crippen molar-refractivity contribution in [1.82, 2.24) is 0 Å². The van der Waals surface area contributed by atoms with Gasteiger partial charge in [0.15, 0.2) is 11.5 Å². The fourth-order valence-electron chi connectivity index (χ4n) is 0.766. The molecule has 4 N–H and O–H groups in total. The Hall–Kier alpha value is -1.23. The Morgan fingerprint density at radius 3 is 2.58 bits per heavy atom. The number of rotatable bonds is 1. The maximum Gasteiger partial charge on any atom is 0.171 e. The van der Waals surface area contributed by atoms with Gasteiger partial charge in [-0.3, -0.25) is 0 Å². The maximum absolute atomic E-state index is 9.13. The van der Waals surface area contributed by atoms with Gasteiger partial charge in [-0.25, -0.2) is 0 Å². The zero-order valence-electron chi connectivity index (χ0n) is 6.03. The van der Waals surface area contributed by atoms with E-state index in [9.17, 15) is 0 Å². The van der Waals surface area contributed by atoms with Crippen LogP contribution in [0.1, 0.15) is 5.56 Å². The van der Waals surface area contributed by atoms with Crippen molar-refractivity contribution >= 4 is 22.1 Å². The second-order valence-electron chi connectivity index (χ2n) is 2.15. The van der Waals surface area contributed by atoms with Crippen LogP contribution >= 0.6 is 15.9 Å². The van der Waals surface area contributed by atoms with E-state index < -0.39 is 0 Å². The van der Waals surface area contributed by atoms with E-state index in [1.165, 1.54) is 12.3 Å². The van der Waals surface area contributed by atoms with Gasteiger partial charge in [0.2, 0.25) is 0 Å². The van der Waals surface area contributed by atoms with Crippen LogP contribution in [0.4, 0.5) is 0 Å². The van der Waals surface area contributed by atoms with Crippen molar-refractivity contribution in [2.45, 2.75) is 0 Å². The number of halogens is 1. The van der Waals surface area contributed by atoms with E-state index >= 15 is 0 Å². The number of phenols is 2. The third-order valence-corrected chi connectivity index (χ3v) is 1.89. The van der Waals surface area contributed by atoms with Gasteiger partial charge in [0.25, 0.3) is 0 Å². The second-order valence-corrected chi connectivity index (χ2v) is 3.00. The van der Waals surface area contributed by atoms with Gasteiger partial charge in [-0.2, -0.15) is 5.10 Å². The molecule has 0 unspecified atom stereocenters. The summed E-state index contributed by atoms with van der Waals surface area (Å²) >= 11 is 3.05. The zero-order chi connectivity index (χ0) is 9.14. The zero-order valence-corrected chi connectivity index (χ0v) is 7.62. The number of aromatic hydroxyl groups is 2. The lowest BCUT2D eigenvalue weighted by Gasteiger charge is -2.00. The minimum absolute atomic E-state index is 0.191. The molecule has 0 aliphatic carbocycles. The smallest absolute Gasteiger partial charge is 0.171 e. The van der Waals surface area contributed by atoms with E-state index in [1.807, 2.05) is 0 Å². The largest absolute Gasteiger partial charge is 0.504 e. The average molecular weight is 231 g/mol. The number of hydrogen-bond acceptors (Lipinski definition) is 4. The summed E-state index contributed by atoms with van der Waals surface area (Å²) in [4.78, 5) is 0. The first kappa shape index (κ1) is 8.86. The van der Waals surface area contributed by atoms with Gasteiger partial charge in [-0.15, -0.1) is 0 Å². The Labute approximate surface area is 77.5 Å². The molecule has 0 radical (unpaired) electrons. The molecule has 0 aliphatic rings. The molecule has 0 saturated heterocycles. The van der Waals surface area contributed by atoms with E-state index in [1.54, 1.807) is 6.07 Å². The van der Waals surface area contributed by atoms with E-state index in [0.717, 1.165) is 0 Å². The average Bonchev–Trinajstić information content (AvgIpc) is 2.01. The first-order valence-corrected chi connectivity index (χ1v) is 3.89. The van der Waals surface area contributed by atoms with Crippen LogP contribution < -0.4 is 5.84 Å².